The first kappa shape index (κ1) is 26.2. The fourth-order valence-corrected chi connectivity index (χ4v) is 6.21. The molecule has 0 fully saturated rings. The Hall–Kier alpha value is -4.39. The summed E-state index contributed by atoms with van der Waals surface area (Å²) < 4.78 is 0. The number of amides is 1. The van der Waals surface area contributed by atoms with Crippen LogP contribution < -0.4 is 5.73 Å². The molecule has 2 aromatic carbocycles. The van der Waals surface area contributed by atoms with Gasteiger partial charge in [0.1, 0.15) is 22.8 Å². The molecule has 0 heterocycles. The van der Waals surface area contributed by atoms with E-state index in [-0.39, 0.29) is 29.7 Å². The zero-order valence-electron chi connectivity index (χ0n) is 21.4. The van der Waals surface area contributed by atoms with Crippen LogP contribution in [0.2, 0.25) is 0 Å². The van der Waals surface area contributed by atoms with Crippen molar-refractivity contribution in [3.8, 4) is 17.6 Å². The Morgan fingerprint density at radius 2 is 1.79 bits per heavy atom. The lowest BCUT2D eigenvalue weighted by atomic mass is 9.58. The Morgan fingerprint density at radius 3 is 2.44 bits per heavy atom. The van der Waals surface area contributed by atoms with E-state index in [0.29, 0.717) is 17.5 Å². The molecular formula is C30H28N2O7. The number of allylic oxidation sites excluding steroid dienone is 1. The lowest BCUT2D eigenvalue weighted by Gasteiger charge is -2.50. The normalized spacial score (nSPS) is 26.0. The van der Waals surface area contributed by atoms with Crippen LogP contribution >= 0.6 is 0 Å². The number of aromatic hydroxyl groups is 1. The Labute approximate surface area is 224 Å². The highest BCUT2D eigenvalue weighted by Crippen LogP contribution is 2.52. The highest BCUT2D eigenvalue weighted by molar-refractivity contribution is 6.24. The molecule has 9 nitrogen and oxygen atoms in total. The first-order chi connectivity index (χ1) is 18.5. The van der Waals surface area contributed by atoms with Gasteiger partial charge >= 0.3 is 0 Å². The number of nitrogens with two attached hydrogens (primary N) is 1. The minimum atomic E-state index is -2.66. The number of hydrogen-bond acceptors (Lipinski definition) is 8. The molecule has 4 atom stereocenters. The summed E-state index contributed by atoms with van der Waals surface area (Å²) in [6.07, 6.45) is 0.700. The molecule has 39 heavy (non-hydrogen) atoms. The number of aliphatic hydroxyl groups is 3. The Kier molecular flexibility index (Phi) is 6.33. The van der Waals surface area contributed by atoms with Crippen molar-refractivity contribution in [2.45, 2.75) is 30.9 Å². The molecule has 6 N–H and O–H groups in total. The number of rotatable bonds is 3. The minimum absolute atomic E-state index is 0.0261. The van der Waals surface area contributed by atoms with Gasteiger partial charge in [0.05, 0.1) is 11.6 Å². The van der Waals surface area contributed by atoms with Crippen molar-refractivity contribution in [1.29, 1.82) is 0 Å². The van der Waals surface area contributed by atoms with E-state index in [1.54, 1.807) is 20.2 Å². The number of likely N-dealkylation sites (N-methyl/N-ethyl adjacent to an activating group) is 1. The van der Waals surface area contributed by atoms with Crippen molar-refractivity contribution >= 4 is 17.5 Å². The van der Waals surface area contributed by atoms with Gasteiger partial charge in [-0.05, 0) is 56.1 Å². The largest absolute Gasteiger partial charge is 0.510 e. The summed E-state index contributed by atoms with van der Waals surface area (Å²) in [4.78, 5) is 40.7. The van der Waals surface area contributed by atoms with Crippen LogP contribution in [-0.4, -0.2) is 68.5 Å². The van der Waals surface area contributed by atoms with Gasteiger partial charge in [0, 0.05) is 23.5 Å². The maximum Gasteiger partial charge on any atom is 0.255 e. The van der Waals surface area contributed by atoms with Crippen molar-refractivity contribution in [2.24, 2.45) is 17.6 Å². The zero-order chi connectivity index (χ0) is 28.2. The number of fused-ring (bicyclic) bond motifs is 3. The first-order valence-electron chi connectivity index (χ1n) is 12.5. The molecule has 0 saturated carbocycles. The molecule has 0 saturated heterocycles. The van der Waals surface area contributed by atoms with E-state index in [1.807, 2.05) is 30.3 Å². The maximum atomic E-state index is 13.7. The fraction of sp³-hybridized carbons (Fsp3) is 0.300. The van der Waals surface area contributed by atoms with Crippen molar-refractivity contribution < 1.29 is 34.8 Å². The number of Topliss-reactive ketones (excluding diaryl/α,β-unsaturated/α-hetero) is 2. The fourth-order valence-electron chi connectivity index (χ4n) is 6.21. The van der Waals surface area contributed by atoms with Gasteiger partial charge in [-0.25, -0.2) is 0 Å². The summed E-state index contributed by atoms with van der Waals surface area (Å²) >= 11 is 0. The number of primary amides is 1. The molecule has 0 spiro atoms. The maximum absolute atomic E-state index is 13.7. The molecule has 3 aliphatic rings. The van der Waals surface area contributed by atoms with E-state index >= 15 is 0 Å². The third kappa shape index (κ3) is 3.92. The van der Waals surface area contributed by atoms with E-state index in [0.717, 1.165) is 5.56 Å². The molecule has 2 aromatic rings. The zero-order valence-corrected chi connectivity index (χ0v) is 21.4. The second kappa shape index (κ2) is 9.42. The summed E-state index contributed by atoms with van der Waals surface area (Å²) in [6, 6.07) is 11.6. The number of nitrogens with zero attached hydrogens (tertiary/aromatic N) is 1. The monoisotopic (exact) mass is 528 g/mol. The molecule has 1 amide bonds. The van der Waals surface area contributed by atoms with Gasteiger partial charge in [-0.1, -0.05) is 42.2 Å². The molecule has 0 aromatic heterocycles. The van der Waals surface area contributed by atoms with Gasteiger partial charge in [0.2, 0.25) is 5.78 Å². The van der Waals surface area contributed by atoms with Crippen LogP contribution in [0.15, 0.2) is 65.1 Å². The molecular weight excluding hydrogens is 500 g/mol. The molecule has 0 aliphatic heterocycles. The number of carbonyl (C=O) groups excluding carboxylic acids is 3. The first-order valence-corrected chi connectivity index (χ1v) is 12.5. The predicted molar refractivity (Wildman–Crippen MR) is 141 cm³/mol. The van der Waals surface area contributed by atoms with Gasteiger partial charge in [-0.3, -0.25) is 19.3 Å². The Balaban J connectivity index is 1.63. The second-order valence-corrected chi connectivity index (χ2v) is 10.4. The summed E-state index contributed by atoms with van der Waals surface area (Å²) in [6.45, 7) is 0. The molecule has 3 aliphatic carbocycles. The van der Waals surface area contributed by atoms with Crippen molar-refractivity contribution in [3.63, 3.8) is 0 Å². The molecule has 9 heteroatoms. The van der Waals surface area contributed by atoms with E-state index in [2.05, 4.69) is 11.8 Å². The number of benzene rings is 2. The van der Waals surface area contributed by atoms with E-state index in [4.69, 9.17) is 5.73 Å². The second-order valence-electron chi connectivity index (χ2n) is 10.4. The number of phenolic OH excluding ortho intramolecular Hbond substituents is 1. The van der Waals surface area contributed by atoms with Gasteiger partial charge in [-0.2, -0.15) is 0 Å². The average molecular weight is 529 g/mol. The topological polar surface area (TPSA) is 161 Å². The standard InChI is InChI=1S/C30H28N2O7/c1-32(2)24-19-14-17-13-18-16(10-6-9-15-7-4-3-5-8-15)11-12-20(33)22(18)25(34)21(17)27(36)30(19,39)28(37)23(26(24)35)29(31)38/h3-5,7-8,11-12,17,19,24,33,35-36,39H,9,13-14H2,1-2H3,(H2,31,38)/t17-,19-,24-,30-/m1/s1. The molecule has 200 valence electrons. The number of hydrogen-bond donors (Lipinski definition) is 5. The molecule has 0 unspecified atom stereocenters. The highest BCUT2D eigenvalue weighted by atomic mass is 16.3. The summed E-state index contributed by atoms with van der Waals surface area (Å²) in [7, 11) is 3.18. The van der Waals surface area contributed by atoms with Gasteiger partial charge < -0.3 is 26.2 Å². The smallest absolute Gasteiger partial charge is 0.255 e. The van der Waals surface area contributed by atoms with E-state index in [9.17, 15) is 34.8 Å². The Bertz CT molecular complexity index is 1540. The highest BCUT2D eigenvalue weighted by Gasteiger charge is 2.63. The van der Waals surface area contributed by atoms with Crippen molar-refractivity contribution in [3.05, 3.63) is 87.4 Å². The minimum Gasteiger partial charge on any atom is -0.510 e. The average Bonchev–Trinajstić information content (AvgIpc) is 2.87. The summed E-state index contributed by atoms with van der Waals surface area (Å²) in [5, 5.41) is 44.5. The molecule has 0 radical (unpaired) electrons. The van der Waals surface area contributed by atoms with Gasteiger partial charge in [0.15, 0.2) is 11.4 Å². The lowest BCUT2D eigenvalue weighted by molar-refractivity contribution is -0.148. The van der Waals surface area contributed by atoms with E-state index < -0.39 is 58.0 Å². The van der Waals surface area contributed by atoms with Gasteiger partial charge in [0.25, 0.3) is 5.91 Å². The van der Waals surface area contributed by atoms with Crippen LogP contribution in [0, 0.1) is 23.7 Å². The van der Waals surface area contributed by atoms with Crippen LogP contribution in [0.3, 0.4) is 0 Å². The predicted octanol–water partition coefficient (Wildman–Crippen LogP) is 1.71. The van der Waals surface area contributed by atoms with Crippen LogP contribution in [0.1, 0.15) is 33.5 Å². The quantitative estimate of drug-likeness (QED) is 0.297. The van der Waals surface area contributed by atoms with Crippen molar-refractivity contribution in [1.82, 2.24) is 4.90 Å². The summed E-state index contributed by atoms with van der Waals surface area (Å²) in [5.74, 6) is -0.571. The third-order valence-electron chi connectivity index (χ3n) is 7.96. The van der Waals surface area contributed by atoms with Crippen LogP contribution in [-0.2, 0) is 22.4 Å². The Morgan fingerprint density at radius 1 is 1.10 bits per heavy atom. The number of ketones is 2. The van der Waals surface area contributed by atoms with Gasteiger partial charge in [-0.15, -0.1) is 0 Å². The summed E-state index contributed by atoms with van der Waals surface area (Å²) in [5.41, 5.74) is 3.70. The van der Waals surface area contributed by atoms with Crippen LogP contribution in [0.5, 0.6) is 5.75 Å². The van der Waals surface area contributed by atoms with E-state index in [1.165, 1.54) is 11.0 Å². The number of phenols is 1. The molecule has 5 rings (SSSR count). The third-order valence-corrected chi connectivity index (χ3v) is 7.96. The SMILES string of the molecule is CN(C)[C@H]1C(O)=C(C(N)=O)C(=O)[C@]2(O)C(O)=C3C(=O)c4c(O)ccc(C#CCc5ccccc5)c4C[C@@H]3C[C@H]12. The van der Waals surface area contributed by atoms with Crippen LogP contribution in [0.25, 0.3) is 0 Å². The molecule has 0 bridgehead atoms. The lowest BCUT2D eigenvalue weighted by Crippen LogP contribution is -2.63. The van der Waals surface area contributed by atoms with Crippen LogP contribution in [0.4, 0.5) is 0 Å². The van der Waals surface area contributed by atoms with Crippen molar-refractivity contribution in [2.75, 3.05) is 14.1 Å². The number of aliphatic hydroxyl groups excluding tert-OH is 2. The number of carbonyl (C=O) groups is 3.